The number of aryl methyl sites for hydroxylation is 2. The molecule has 4 heteroatoms. The smallest absolute Gasteiger partial charge is 0.125 e. The van der Waals surface area contributed by atoms with Crippen LogP contribution in [0.15, 0.2) is 18.5 Å². The molecule has 1 aliphatic carbocycles. The van der Waals surface area contributed by atoms with Crippen molar-refractivity contribution in [2.75, 3.05) is 7.05 Å². The first kappa shape index (κ1) is 11.8. The maximum absolute atomic E-state index is 4.82. The normalized spacial score (nSPS) is 18.7. The van der Waals surface area contributed by atoms with Crippen LogP contribution in [0.25, 0.3) is 10.6 Å². The van der Waals surface area contributed by atoms with Gasteiger partial charge in [-0.05, 0) is 44.9 Å². The fourth-order valence-corrected chi connectivity index (χ4v) is 3.83. The van der Waals surface area contributed by atoms with Gasteiger partial charge in [-0.25, -0.2) is 4.98 Å². The Labute approximate surface area is 111 Å². The highest BCUT2D eigenvalue weighted by atomic mass is 32.1. The first-order valence-corrected chi connectivity index (χ1v) is 7.19. The van der Waals surface area contributed by atoms with E-state index in [2.05, 4.69) is 17.2 Å². The van der Waals surface area contributed by atoms with Crippen molar-refractivity contribution in [3.05, 3.63) is 34.6 Å². The number of nitrogens with one attached hydrogen (secondary N) is 1. The van der Waals surface area contributed by atoms with Gasteiger partial charge in [-0.2, -0.15) is 0 Å². The van der Waals surface area contributed by atoms with Gasteiger partial charge >= 0.3 is 0 Å². The predicted molar refractivity (Wildman–Crippen MR) is 74.8 cm³/mol. The van der Waals surface area contributed by atoms with Gasteiger partial charge in [0.2, 0.25) is 0 Å². The zero-order valence-electron chi connectivity index (χ0n) is 10.7. The molecular weight excluding hydrogens is 242 g/mol. The molecule has 0 bridgehead atoms. The molecule has 0 amide bonds. The highest BCUT2D eigenvalue weighted by Crippen LogP contribution is 2.38. The van der Waals surface area contributed by atoms with E-state index in [4.69, 9.17) is 4.98 Å². The molecule has 1 N–H and O–H groups in total. The van der Waals surface area contributed by atoms with E-state index in [0.29, 0.717) is 6.04 Å². The molecule has 1 aliphatic rings. The zero-order valence-corrected chi connectivity index (χ0v) is 11.5. The Bertz CT molecular complexity index is 562. The van der Waals surface area contributed by atoms with Gasteiger partial charge < -0.3 is 5.32 Å². The summed E-state index contributed by atoms with van der Waals surface area (Å²) >= 11 is 1.82. The lowest BCUT2D eigenvalue weighted by molar-refractivity contribution is 0.501. The Kier molecular flexibility index (Phi) is 3.14. The molecule has 1 unspecified atom stereocenters. The van der Waals surface area contributed by atoms with E-state index < -0.39 is 0 Å². The Morgan fingerprint density at radius 1 is 1.44 bits per heavy atom. The molecule has 0 spiro atoms. The number of hydrogen-bond acceptors (Lipinski definition) is 4. The second kappa shape index (κ2) is 4.78. The monoisotopic (exact) mass is 259 g/mol. The maximum atomic E-state index is 4.82. The Morgan fingerprint density at radius 2 is 2.33 bits per heavy atom. The summed E-state index contributed by atoms with van der Waals surface area (Å²) in [6.45, 7) is 2.12. The van der Waals surface area contributed by atoms with Crippen molar-refractivity contribution in [1.29, 1.82) is 0 Å². The molecule has 3 nitrogen and oxygen atoms in total. The second-order valence-corrected chi connectivity index (χ2v) is 5.78. The molecule has 0 aromatic carbocycles. The molecule has 0 radical (unpaired) electrons. The van der Waals surface area contributed by atoms with Crippen molar-refractivity contribution in [2.45, 2.75) is 32.2 Å². The number of thiazole rings is 1. The minimum absolute atomic E-state index is 0.483. The minimum atomic E-state index is 0.483. The van der Waals surface area contributed by atoms with Crippen LogP contribution in [0, 0.1) is 6.92 Å². The van der Waals surface area contributed by atoms with Crippen molar-refractivity contribution in [1.82, 2.24) is 15.3 Å². The van der Waals surface area contributed by atoms with Crippen LogP contribution in [0.4, 0.5) is 0 Å². The minimum Gasteiger partial charge on any atom is -0.312 e. The predicted octanol–water partition coefficient (Wildman–Crippen LogP) is 3.11. The van der Waals surface area contributed by atoms with Crippen LogP contribution in [-0.4, -0.2) is 17.0 Å². The van der Waals surface area contributed by atoms with E-state index >= 15 is 0 Å². The molecule has 2 heterocycles. The van der Waals surface area contributed by atoms with Gasteiger partial charge in [-0.3, -0.25) is 4.98 Å². The molecule has 0 saturated heterocycles. The van der Waals surface area contributed by atoms with E-state index in [-0.39, 0.29) is 0 Å². The third-order valence-electron chi connectivity index (χ3n) is 3.57. The summed E-state index contributed by atoms with van der Waals surface area (Å²) in [6.07, 6.45) is 7.32. The summed E-state index contributed by atoms with van der Waals surface area (Å²) < 4.78 is 0. The Morgan fingerprint density at radius 3 is 3.11 bits per heavy atom. The SMILES string of the molecule is CNC1CCCc2nc(-c3cnccc3C)sc21. The van der Waals surface area contributed by atoms with Gasteiger partial charge in [0.15, 0.2) is 0 Å². The number of fused-ring (bicyclic) bond motifs is 1. The molecular formula is C14H17N3S. The molecule has 0 saturated carbocycles. The van der Waals surface area contributed by atoms with Gasteiger partial charge in [0.1, 0.15) is 5.01 Å². The maximum Gasteiger partial charge on any atom is 0.125 e. The van der Waals surface area contributed by atoms with Crippen LogP contribution in [0.5, 0.6) is 0 Å². The molecule has 0 fully saturated rings. The van der Waals surface area contributed by atoms with Crippen LogP contribution in [0.2, 0.25) is 0 Å². The summed E-state index contributed by atoms with van der Waals surface area (Å²) in [6, 6.07) is 2.53. The second-order valence-electron chi connectivity index (χ2n) is 4.75. The molecule has 94 valence electrons. The number of aromatic nitrogens is 2. The topological polar surface area (TPSA) is 37.8 Å². The summed E-state index contributed by atoms with van der Waals surface area (Å²) in [5.74, 6) is 0. The van der Waals surface area contributed by atoms with Crippen LogP contribution in [0.1, 0.15) is 35.0 Å². The average Bonchev–Trinajstić information content (AvgIpc) is 2.82. The number of nitrogens with zero attached hydrogens (tertiary/aromatic N) is 2. The first-order chi connectivity index (χ1) is 8.79. The molecule has 0 aliphatic heterocycles. The van der Waals surface area contributed by atoms with Gasteiger partial charge in [0, 0.05) is 28.9 Å². The number of pyridine rings is 1. The Hall–Kier alpha value is -1.26. The Balaban J connectivity index is 2.05. The molecule has 2 aromatic rings. The van der Waals surface area contributed by atoms with Crippen molar-refractivity contribution < 1.29 is 0 Å². The third-order valence-corrected chi connectivity index (χ3v) is 4.81. The number of hydrogen-bond donors (Lipinski definition) is 1. The fraction of sp³-hybridized carbons (Fsp3) is 0.429. The van der Waals surface area contributed by atoms with Crippen molar-refractivity contribution in [3.63, 3.8) is 0 Å². The van der Waals surface area contributed by atoms with Crippen LogP contribution >= 0.6 is 11.3 Å². The van der Waals surface area contributed by atoms with E-state index in [9.17, 15) is 0 Å². The van der Waals surface area contributed by atoms with E-state index in [1.807, 2.05) is 36.8 Å². The largest absolute Gasteiger partial charge is 0.312 e. The summed E-state index contributed by atoms with van der Waals surface area (Å²) in [7, 11) is 2.04. The highest BCUT2D eigenvalue weighted by Gasteiger charge is 2.24. The lowest BCUT2D eigenvalue weighted by Crippen LogP contribution is -2.19. The van der Waals surface area contributed by atoms with Gasteiger partial charge in [-0.15, -0.1) is 11.3 Å². The first-order valence-electron chi connectivity index (χ1n) is 6.37. The van der Waals surface area contributed by atoms with Crippen LogP contribution in [-0.2, 0) is 6.42 Å². The third kappa shape index (κ3) is 1.95. The molecule has 2 aromatic heterocycles. The van der Waals surface area contributed by atoms with Gasteiger partial charge in [0.25, 0.3) is 0 Å². The lowest BCUT2D eigenvalue weighted by atomic mass is 9.98. The van der Waals surface area contributed by atoms with Gasteiger partial charge in [-0.1, -0.05) is 0 Å². The van der Waals surface area contributed by atoms with Crippen molar-refractivity contribution in [2.24, 2.45) is 0 Å². The average molecular weight is 259 g/mol. The molecule has 18 heavy (non-hydrogen) atoms. The highest BCUT2D eigenvalue weighted by molar-refractivity contribution is 7.15. The number of rotatable bonds is 2. The lowest BCUT2D eigenvalue weighted by Gasteiger charge is -2.19. The fourth-order valence-electron chi connectivity index (χ4n) is 2.50. The molecule has 1 atom stereocenters. The van der Waals surface area contributed by atoms with E-state index in [0.717, 1.165) is 11.4 Å². The summed E-state index contributed by atoms with van der Waals surface area (Å²) in [5, 5.41) is 4.51. The summed E-state index contributed by atoms with van der Waals surface area (Å²) in [5.41, 5.74) is 3.70. The van der Waals surface area contributed by atoms with E-state index in [1.54, 1.807) is 0 Å². The van der Waals surface area contributed by atoms with Crippen molar-refractivity contribution in [3.8, 4) is 10.6 Å². The van der Waals surface area contributed by atoms with Crippen LogP contribution in [0.3, 0.4) is 0 Å². The quantitative estimate of drug-likeness (QED) is 0.900. The van der Waals surface area contributed by atoms with E-state index in [1.165, 1.54) is 34.5 Å². The molecule has 3 rings (SSSR count). The summed E-state index contributed by atoms with van der Waals surface area (Å²) in [4.78, 5) is 10.5. The zero-order chi connectivity index (χ0) is 12.5. The van der Waals surface area contributed by atoms with Gasteiger partial charge in [0.05, 0.1) is 5.69 Å². The van der Waals surface area contributed by atoms with Crippen LogP contribution < -0.4 is 5.32 Å². The van der Waals surface area contributed by atoms with Crippen molar-refractivity contribution >= 4 is 11.3 Å². The standard InChI is InChI=1S/C14H17N3S/c1-9-6-7-16-8-10(9)14-17-12-5-3-4-11(15-2)13(12)18-14/h6-8,11,15H,3-5H2,1-2H3.